The van der Waals surface area contributed by atoms with E-state index >= 15 is 0 Å². The third-order valence-corrected chi connectivity index (χ3v) is 7.35. The Bertz CT molecular complexity index is 1260. The van der Waals surface area contributed by atoms with Gasteiger partial charge in [0.15, 0.2) is 0 Å². The highest BCUT2D eigenvalue weighted by Crippen LogP contribution is 2.41. The molecule has 0 fully saturated rings. The number of ether oxygens (including phenoxy) is 1. The first-order chi connectivity index (χ1) is 17.7. The van der Waals surface area contributed by atoms with Crippen molar-refractivity contribution in [1.82, 2.24) is 4.90 Å². The van der Waals surface area contributed by atoms with Gasteiger partial charge in [0.1, 0.15) is 5.75 Å². The summed E-state index contributed by atoms with van der Waals surface area (Å²) in [6.45, 7) is 12.5. The SMILES string of the molecule is CCOc1cc(C#N)ccc1C(=C(C)CC)N(C(C)=O)C(C1=CC=C(C)CC1)C(C)c1ccc(Cl)cc1. The predicted octanol–water partition coefficient (Wildman–Crippen LogP) is 8.44. The van der Waals surface area contributed by atoms with E-state index in [4.69, 9.17) is 16.3 Å². The Morgan fingerprint density at radius 3 is 2.35 bits per heavy atom. The lowest BCUT2D eigenvalue weighted by Crippen LogP contribution is -2.43. The first-order valence-electron chi connectivity index (χ1n) is 13.0. The van der Waals surface area contributed by atoms with Crippen molar-refractivity contribution in [3.8, 4) is 11.8 Å². The lowest BCUT2D eigenvalue weighted by Gasteiger charge is -2.40. The van der Waals surface area contributed by atoms with Crippen LogP contribution in [-0.2, 0) is 4.79 Å². The van der Waals surface area contributed by atoms with Gasteiger partial charge in [-0.2, -0.15) is 5.26 Å². The number of carbonyl (C=O) groups is 1. The number of amides is 1. The molecular weight excluding hydrogens is 480 g/mol. The topological polar surface area (TPSA) is 53.3 Å². The maximum atomic E-state index is 13.6. The van der Waals surface area contributed by atoms with Gasteiger partial charge in [-0.25, -0.2) is 0 Å². The minimum absolute atomic E-state index is 0.00723. The molecule has 2 unspecified atom stereocenters. The Balaban J connectivity index is 2.29. The highest BCUT2D eigenvalue weighted by Gasteiger charge is 2.35. The lowest BCUT2D eigenvalue weighted by atomic mass is 9.82. The molecule has 37 heavy (non-hydrogen) atoms. The van der Waals surface area contributed by atoms with E-state index in [1.54, 1.807) is 19.1 Å². The summed E-state index contributed by atoms with van der Waals surface area (Å²) in [5, 5.41) is 10.2. The molecule has 2 atom stereocenters. The fraction of sp³-hybridized carbons (Fsp3) is 0.375. The maximum absolute atomic E-state index is 13.6. The molecule has 0 radical (unpaired) electrons. The molecule has 0 saturated carbocycles. The molecular formula is C32H37ClN2O2. The zero-order valence-corrected chi connectivity index (χ0v) is 23.5. The number of nitriles is 1. The van der Waals surface area contributed by atoms with Crippen molar-refractivity contribution in [1.29, 1.82) is 5.26 Å². The van der Waals surface area contributed by atoms with Gasteiger partial charge in [-0.3, -0.25) is 4.79 Å². The van der Waals surface area contributed by atoms with E-state index in [0.717, 1.165) is 41.7 Å². The summed E-state index contributed by atoms with van der Waals surface area (Å²) in [5.41, 5.74) is 6.95. The monoisotopic (exact) mass is 516 g/mol. The second-order valence-corrected chi connectivity index (χ2v) is 10.1. The Labute approximate surface area is 226 Å². The quantitative estimate of drug-likeness (QED) is 0.336. The number of carbonyl (C=O) groups excluding carboxylic acids is 1. The van der Waals surface area contributed by atoms with Crippen molar-refractivity contribution in [2.75, 3.05) is 6.61 Å². The largest absolute Gasteiger partial charge is 0.493 e. The summed E-state index contributed by atoms with van der Waals surface area (Å²) in [5.74, 6) is 0.585. The van der Waals surface area contributed by atoms with Crippen molar-refractivity contribution in [2.45, 2.75) is 72.8 Å². The molecule has 0 aliphatic heterocycles. The maximum Gasteiger partial charge on any atom is 0.224 e. The highest BCUT2D eigenvalue weighted by molar-refractivity contribution is 6.30. The number of hydrogen-bond donors (Lipinski definition) is 0. The van der Waals surface area contributed by atoms with E-state index in [-0.39, 0.29) is 17.9 Å². The van der Waals surface area contributed by atoms with E-state index in [9.17, 15) is 10.1 Å². The van der Waals surface area contributed by atoms with Gasteiger partial charge in [-0.05, 0) is 87.1 Å². The van der Waals surface area contributed by atoms with Crippen LogP contribution in [0.2, 0.25) is 5.02 Å². The molecule has 194 valence electrons. The first-order valence-corrected chi connectivity index (χ1v) is 13.4. The van der Waals surface area contributed by atoms with Crippen LogP contribution in [0.3, 0.4) is 0 Å². The third-order valence-electron chi connectivity index (χ3n) is 7.10. The second-order valence-electron chi connectivity index (χ2n) is 9.67. The summed E-state index contributed by atoms with van der Waals surface area (Å²) >= 11 is 6.21. The number of nitrogens with zero attached hydrogens (tertiary/aromatic N) is 2. The lowest BCUT2D eigenvalue weighted by molar-refractivity contribution is -0.127. The number of rotatable bonds is 9. The van der Waals surface area contributed by atoms with Crippen LogP contribution in [0.5, 0.6) is 5.75 Å². The van der Waals surface area contributed by atoms with Gasteiger partial charge in [0, 0.05) is 23.4 Å². The van der Waals surface area contributed by atoms with Crippen LogP contribution in [0, 0.1) is 11.3 Å². The van der Waals surface area contributed by atoms with Gasteiger partial charge < -0.3 is 9.64 Å². The Hall–Kier alpha value is -3.29. The van der Waals surface area contributed by atoms with E-state index in [1.165, 1.54) is 11.1 Å². The van der Waals surface area contributed by atoms with Crippen molar-refractivity contribution >= 4 is 23.2 Å². The first kappa shape index (κ1) is 28.3. The number of halogens is 1. The minimum Gasteiger partial charge on any atom is -0.493 e. The Morgan fingerprint density at radius 1 is 1.11 bits per heavy atom. The molecule has 0 saturated heterocycles. The van der Waals surface area contributed by atoms with Crippen molar-refractivity contribution in [2.24, 2.45) is 0 Å². The van der Waals surface area contributed by atoms with Gasteiger partial charge >= 0.3 is 0 Å². The molecule has 0 spiro atoms. The zero-order chi connectivity index (χ0) is 27.1. The van der Waals surface area contributed by atoms with Crippen LogP contribution in [-0.4, -0.2) is 23.5 Å². The minimum atomic E-state index is -0.204. The molecule has 3 rings (SSSR count). The molecule has 0 heterocycles. The second kappa shape index (κ2) is 12.8. The molecule has 0 bridgehead atoms. The number of allylic oxidation sites excluding steroid dienone is 4. The van der Waals surface area contributed by atoms with Crippen molar-refractivity contribution in [3.05, 3.63) is 93.0 Å². The number of hydrogen-bond acceptors (Lipinski definition) is 3. The summed E-state index contributed by atoms with van der Waals surface area (Å²) < 4.78 is 6.02. The molecule has 5 heteroatoms. The van der Waals surface area contributed by atoms with E-state index in [1.807, 2.05) is 42.2 Å². The van der Waals surface area contributed by atoms with Crippen LogP contribution in [0.4, 0.5) is 0 Å². The predicted molar refractivity (Wildman–Crippen MR) is 152 cm³/mol. The normalized spacial score (nSPS) is 15.5. The van der Waals surface area contributed by atoms with Gasteiger partial charge in [-0.1, -0.05) is 55.3 Å². The summed E-state index contributed by atoms with van der Waals surface area (Å²) in [4.78, 5) is 15.6. The molecule has 2 aromatic carbocycles. The number of benzene rings is 2. The van der Waals surface area contributed by atoms with Crippen LogP contribution < -0.4 is 4.74 Å². The highest BCUT2D eigenvalue weighted by atomic mass is 35.5. The molecule has 0 aromatic heterocycles. The van der Waals surface area contributed by atoms with Gasteiger partial charge in [0.2, 0.25) is 5.91 Å². The Kier molecular flexibility index (Phi) is 9.78. The van der Waals surface area contributed by atoms with E-state index < -0.39 is 0 Å². The van der Waals surface area contributed by atoms with Crippen molar-refractivity contribution < 1.29 is 9.53 Å². The molecule has 1 aliphatic rings. The molecule has 4 nitrogen and oxygen atoms in total. The average Bonchev–Trinajstić information content (AvgIpc) is 2.89. The molecule has 0 N–H and O–H groups in total. The summed E-state index contributed by atoms with van der Waals surface area (Å²) in [7, 11) is 0. The summed E-state index contributed by atoms with van der Waals surface area (Å²) in [6, 6.07) is 15.4. The van der Waals surface area contributed by atoms with Crippen LogP contribution in [0.1, 0.15) is 83.4 Å². The van der Waals surface area contributed by atoms with Crippen LogP contribution >= 0.6 is 11.6 Å². The standard InChI is InChI=1S/C32H37ClN2O2/c1-7-22(4)31(29-18-11-25(20-34)19-30(29)37-8-2)35(24(6)36)32(27-12-9-21(3)10-13-27)23(5)26-14-16-28(33)17-15-26/h9,11-12,14-19,23,32H,7-8,10,13H2,1-6H3. The summed E-state index contributed by atoms with van der Waals surface area (Å²) in [6.07, 6.45) is 6.98. The van der Waals surface area contributed by atoms with Gasteiger partial charge in [-0.15, -0.1) is 0 Å². The van der Waals surface area contributed by atoms with Crippen LogP contribution in [0.15, 0.2) is 71.3 Å². The molecule has 2 aromatic rings. The zero-order valence-electron chi connectivity index (χ0n) is 22.8. The smallest absolute Gasteiger partial charge is 0.224 e. The fourth-order valence-corrected chi connectivity index (χ4v) is 5.08. The Morgan fingerprint density at radius 2 is 1.81 bits per heavy atom. The van der Waals surface area contributed by atoms with Crippen molar-refractivity contribution in [3.63, 3.8) is 0 Å². The van der Waals surface area contributed by atoms with Gasteiger partial charge in [0.25, 0.3) is 0 Å². The molecule has 1 aliphatic carbocycles. The molecule has 1 amide bonds. The average molecular weight is 517 g/mol. The van der Waals surface area contributed by atoms with Gasteiger partial charge in [0.05, 0.1) is 30.0 Å². The van der Waals surface area contributed by atoms with E-state index in [0.29, 0.717) is 22.9 Å². The third kappa shape index (κ3) is 6.53. The van der Waals surface area contributed by atoms with E-state index in [2.05, 4.69) is 45.9 Å². The van der Waals surface area contributed by atoms with Crippen LogP contribution in [0.25, 0.3) is 5.70 Å². The fourth-order valence-electron chi connectivity index (χ4n) is 4.95.